The average molecular weight is 313 g/mol. The largest absolute Gasteiger partial charge is 0.481 e. The monoisotopic (exact) mass is 313 g/mol. The number of carboxylic acid groups (broad SMARTS) is 1. The summed E-state index contributed by atoms with van der Waals surface area (Å²) < 4.78 is 5.88. The summed E-state index contributed by atoms with van der Waals surface area (Å²) in [6.45, 7) is 1.48. The minimum absolute atomic E-state index is 0.234. The predicted octanol–water partition coefficient (Wildman–Crippen LogP) is 2.60. The lowest BCUT2D eigenvalue weighted by Crippen LogP contribution is -2.50. The van der Waals surface area contributed by atoms with Crippen molar-refractivity contribution in [2.45, 2.75) is 44.1 Å². The van der Waals surface area contributed by atoms with Crippen molar-refractivity contribution in [2.75, 3.05) is 24.6 Å². The summed E-state index contributed by atoms with van der Waals surface area (Å²) >= 11 is 1.86. The molecule has 118 valence electrons. The molecule has 3 rings (SSSR count). The summed E-state index contributed by atoms with van der Waals surface area (Å²) in [4.78, 5) is 25.5. The fraction of sp³-hybridized carbons (Fsp3) is 0.867. The van der Waals surface area contributed by atoms with Crippen molar-refractivity contribution in [3.63, 3.8) is 0 Å². The highest BCUT2D eigenvalue weighted by atomic mass is 32.2. The zero-order chi connectivity index (χ0) is 14.9. The van der Waals surface area contributed by atoms with Crippen LogP contribution in [0.1, 0.15) is 38.5 Å². The fourth-order valence-electron chi connectivity index (χ4n) is 4.08. The molecule has 1 aliphatic heterocycles. The zero-order valence-corrected chi connectivity index (χ0v) is 13.1. The van der Waals surface area contributed by atoms with Gasteiger partial charge >= 0.3 is 12.1 Å². The SMILES string of the molecule is O=C(O)C1CC2CCCC(OC(=O)N3CCSCC3)(C2)C1. The van der Waals surface area contributed by atoms with E-state index in [4.69, 9.17) is 4.74 Å². The number of amides is 1. The number of hydrogen-bond acceptors (Lipinski definition) is 4. The molecule has 0 aromatic carbocycles. The molecule has 2 aliphatic carbocycles. The summed E-state index contributed by atoms with van der Waals surface area (Å²) in [5.41, 5.74) is -0.522. The van der Waals surface area contributed by atoms with Crippen LogP contribution >= 0.6 is 11.8 Å². The quantitative estimate of drug-likeness (QED) is 0.849. The number of carbonyl (C=O) groups excluding carboxylic acids is 1. The van der Waals surface area contributed by atoms with Crippen LogP contribution in [0, 0.1) is 11.8 Å². The molecule has 3 fully saturated rings. The minimum Gasteiger partial charge on any atom is -0.481 e. The van der Waals surface area contributed by atoms with Crippen LogP contribution in [0.25, 0.3) is 0 Å². The molecular weight excluding hydrogens is 290 g/mol. The van der Waals surface area contributed by atoms with Gasteiger partial charge in [0.25, 0.3) is 0 Å². The number of thioether (sulfide) groups is 1. The first-order valence-corrected chi connectivity index (χ1v) is 9.02. The van der Waals surface area contributed by atoms with Crippen molar-refractivity contribution in [1.29, 1.82) is 0 Å². The number of rotatable bonds is 2. The Morgan fingerprint density at radius 3 is 2.71 bits per heavy atom. The Kier molecular flexibility index (Phi) is 4.33. The van der Waals surface area contributed by atoms with Gasteiger partial charge in [-0.25, -0.2) is 4.79 Å². The normalized spacial score (nSPS) is 36.1. The van der Waals surface area contributed by atoms with E-state index in [9.17, 15) is 14.7 Å². The van der Waals surface area contributed by atoms with Crippen LogP contribution < -0.4 is 0 Å². The van der Waals surface area contributed by atoms with Crippen LogP contribution in [0.15, 0.2) is 0 Å². The van der Waals surface area contributed by atoms with Crippen molar-refractivity contribution in [3.05, 3.63) is 0 Å². The van der Waals surface area contributed by atoms with Crippen LogP contribution in [0.2, 0.25) is 0 Å². The van der Waals surface area contributed by atoms with Crippen LogP contribution in [-0.2, 0) is 9.53 Å². The lowest BCUT2D eigenvalue weighted by Gasteiger charge is -2.47. The Bertz CT molecular complexity index is 424. The molecule has 1 saturated heterocycles. The molecule has 0 aromatic heterocycles. The average Bonchev–Trinajstić information content (AvgIpc) is 2.47. The van der Waals surface area contributed by atoms with Gasteiger partial charge in [0.15, 0.2) is 0 Å². The summed E-state index contributed by atoms with van der Waals surface area (Å²) in [6, 6.07) is 0. The number of hydrogen-bond donors (Lipinski definition) is 1. The molecule has 1 N–H and O–H groups in total. The van der Waals surface area contributed by atoms with Gasteiger partial charge in [-0.1, -0.05) is 6.42 Å². The Hall–Kier alpha value is -0.910. The van der Waals surface area contributed by atoms with E-state index in [1.165, 1.54) is 0 Å². The molecule has 1 heterocycles. The first kappa shape index (κ1) is 15.0. The Morgan fingerprint density at radius 1 is 1.24 bits per heavy atom. The molecule has 2 bridgehead atoms. The first-order valence-electron chi connectivity index (χ1n) is 7.86. The molecule has 5 nitrogen and oxygen atoms in total. The van der Waals surface area contributed by atoms with E-state index < -0.39 is 11.6 Å². The second-order valence-corrected chi connectivity index (χ2v) is 7.81. The van der Waals surface area contributed by atoms with Gasteiger partial charge < -0.3 is 14.7 Å². The Labute approximate surface area is 129 Å². The smallest absolute Gasteiger partial charge is 0.410 e. The number of aliphatic carboxylic acids is 1. The summed E-state index contributed by atoms with van der Waals surface area (Å²) in [6.07, 6.45) is 4.79. The highest BCUT2D eigenvalue weighted by molar-refractivity contribution is 7.99. The fourth-order valence-corrected chi connectivity index (χ4v) is 4.99. The maximum Gasteiger partial charge on any atom is 0.410 e. The zero-order valence-electron chi connectivity index (χ0n) is 12.3. The standard InChI is InChI=1S/C15H23NO4S/c17-13(18)12-8-11-2-1-3-15(9-11,10-12)20-14(19)16-4-6-21-7-5-16/h11-12H,1-10H2,(H,17,18). The van der Waals surface area contributed by atoms with Gasteiger partial charge in [-0.2, -0.15) is 11.8 Å². The van der Waals surface area contributed by atoms with Gasteiger partial charge in [-0.3, -0.25) is 4.79 Å². The lowest BCUT2D eigenvalue weighted by molar-refractivity contribution is -0.151. The van der Waals surface area contributed by atoms with Crippen LogP contribution in [0.4, 0.5) is 4.79 Å². The maximum absolute atomic E-state index is 12.4. The molecule has 3 atom stereocenters. The second kappa shape index (κ2) is 6.07. The van der Waals surface area contributed by atoms with E-state index in [1.807, 2.05) is 11.8 Å². The van der Waals surface area contributed by atoms with E-state index in [1.54, 1.807) is 4.90 Å². The third-order valence-corrected chi connectivity index (χ3v) is 6.01. The van der Waals surface area contributed by atoms with E-state index >= 15 is 0 Å². The molecule has 21 heavy (non-hydrogen) atoms. The third kappa shape index (κ3) is 3.30. The van der Waals surface area contributed by atoms with Gasteiger partial charge in [-0.05, 0) is 31.6 Å². The van der Waals surface area contributed by atoms with Gasteiger partial charge in [-0.15, -0.1) is 0 Å². The van der Waals surface area contributed by atoms with E-state index in [-0.39, 0.29) is 12.0 Å². The molecule has 6 heteroatoms. The van der Waals surface area contributed by atoms with Crippen molar-refractivity contribution >= 4 is 23.8 Å². The molecular formula is C15H23NO4S. The number of nitrogens with zero attached hydrogens (tertiary/aromatic N) is 1. The Morgan fingerprint density at radius 2 is 2.00 bits per heavy atom. The number of ether oxygens (including phenoxy) is 1. The highest BCUT2D eigenvalue weighted by Gasteiger charge is 2.48. The number of carboxylic acids is 1. The van der Waals surface area contributed by atoms with Crippen molar-refractivity contribution in [3.8, 4) is 0 Å². The Balaban J connectivity index is 1.68. The third-order valence-electron chi connectivity index (χ3n) is 5.06. The summed E-state index contributed by atoms with van der Waals surface area (Å²) in [7, 11) is 0. The van der Waals surface area contributed by atoms with Crippen molar-refractivity contribution in [2.24, 2.45) is 11.8 Å². The van der Waals surface area contributed by atoms with Crippen LogP contribution in [0.3, 0.4) is 0 Å². The van der Waals surface area contributed by atoms with Crippen molar-refractivity contribution < 1.29 is 19.4 Å². The molecule has 1 amide bonds. The second-order valence-electron chi connectivity index (χ2n) is 6.59. The van der Waals surface area contributed by atoms with Crippen LogP contribution in [-0.4, -0.2) is 52.3 Å². The van der Waals surface area contributed by atoms with E-state index in [0.717, 1.165) is 56.7 Å². The minimum atomic E-state index is -0.739. The predicted molar refractivity (Wildman–Crippen MR) is 80.4 cm³/mol. The van der Waals surface area contributed by atoms with Gasteiger partial charge in [0.2, 0.25) is 0 Å². The molecule has 2 saturated carbocycles. The van der Waals surface area contributed by atoms with Gasteiger partial charge in [0.1, 0.15) is 5.60 Å². The van der Waals surface area contributed by atoms with E-state index in [2.05, 4.69) is 0 Å². The first-order chi connectivity index (χ1) is 10.1. The molecule has 0 aromatic rings. The number of carbonyl (C=O) groups is 2. The molecule has 0 radical (unpaired) electrons. The topological polar surface area (TPSA) is 66.8 Å². The van der Waals surface area contributed by atoms with Gasteiger partial charge in [0, 0.05) is 31.0 Å². The number of fused-ring (bicyclic) bond motifs is 2. The lowest BCUT2D eigenvalue weighted by atomic mass is 9.65. The summed E-state index contributed by atoms with van der Waals surface area (Å²) in [5.74, 6) is 1.23. The molecule has 3 aliphatic rings. The molecule has 0 spiro atoms. The van der Waals surface area contributed by atoms with Gasteiger partial charge in [0.05, 0.1) is 5.92 Å². The van der Waals surface area contributed by atoms with Crippen LogP contribution in [0.5, 0.6) is 0 Å². The summed E-state index contributed by atoms with van der Waals surface area (Å²) in [5, 5.41) is 9.34. The van der Waals surface area contributed by atoms with E-state index in [0.29, 0.717) is 12.3 Å². The van der Waals surface area contributed by atoms with Crippen molar-refractivity contribution in [1.82, 2.24) is 4.90 Å². The molecule has 3 unspecified atom stereocenters. The maximum atomic E-state index is 12.4. The highest BCUT2D eigenvalue weighted by Crippen LogP contribution is 2.47.